The van der Waals surface area contributed by atoms with Crippen LogP contribution in [0.15, 0.2) is 24.3 Å². The van der Waals surface area contributed by atoms with E-state index in [2.05, 4.69) is 36.2 Å². The minimum atomic E-state index is -0.206. The van der Waals surface area contributed by atoms with E-state index in [4.69, 9.17) is 4.74 Å². The number of carbonyl (C=O) groups is 2. The normalized spacial score (nSPS) is 17.0. The van der Waals surface area contributed by atoms with Crippen molar-refractivity contribution in [3.05, 3.63) is 39.7 Å². The molecular weight excluding hydrogens is 360 g/mol. The van der Waals surface area contributed by atoms with Gasteiger partial charge in [0.05, 0.1) is 29.6 Å². The van der Waals surface area contributed by atoms with E-state index < -0.39 is 0 Å². The van der Waals surface area contributed by atoms with Gasteiger partial charge < -0.3 is 9.64 Å². The van der Waals surface area contributed by atoms with Crippen LogP contribution in [-0.4, -0.2) is 41.5 Å². The van der Waals surface area contributed by atoms with E-state index in [0.29, 0.717) is 26.1 Å². The Bertz CT molecular complexity index is 813. The van der Waals surface area contributed by atoms with Crippen LogP contribution in [0.5, 0.6) is 0 Å². The zero-order valence-electron chi connectivity index (χ0n) is 16.2. The lowest BCUT2D eigenvalue weighted by Crippen LogP contribution is -2.43. The van der Waals surface area contributed by atoms with Crippen LogP contribution in [-0.2, 0) is 20.7 Å². The smallest absolute Gasteiger partial charge is 0.310 e. The first-order valence-corrected chi connectivity index (χ1v) is 10.3. The SMILES string of the molecule is CCOC(=O)[C@@H]1CCCN(C(=O)Cc2sc(C)nc2-c2ccc(C)cc2)C1. The first-order chi connectivity index (χ1) is 13.0. The summed E-state index contributed by atoms with van der Waals surface area (Å²) < 4.78 is 5.13. The Balaban J connectivity index is 1.72. The topological polar surface area (TPSA) is 59.5 Å². The van der Waals surface area contributed by atoms with Gasteiger partial charge in [0.2, 0.25) is 5.91 Å². The van der Waals surface area contributed by atoms with Gasteiger partial charge >= 0.3 is 5.97 Å². The minimum absolute atomic E-state index is 0.0565. The minimum Gasteiger partial charge on any atom is -0.466 e. The molecule has 27 heavy (non-hydrogen) atoms. The van der Waals surface area contributed by atoms with Gasteiger partial charge in [0.1, 0.15) is 0 Å². The number of amides is 1. The van der Waals surface area contributed by atoms with Crippen LogP contribution in [0.25, 0.3) is 11.3 Å². The molecule has 0 saturated carbocycles. The maximum Gasteiger partial charge on any atom is 0.310 e. The number of hydrogen-bond acceptors (Lipinski definition) is 5. The summed E-state index contributed by atoms with van der Waals surface area (Å²) in [7, 11) is 0. The Labute approximate surface area is 164 Å². The van der Waals surface area contributed by atoms with E-state index >= 15 is 0 Å². The number of nitrogens with zero attached hydrogens (tertiary/aromatic N) is 2. The van der Waals surface area contributed by atoms with Crippen molar-refractivity contribution in [2.24, 2.45) is 5.92 Å². The van der Waals surface area contributed by atoms with E-state index in [0.717, 1.165) is 34.0 Å². The molecule has 1 saturated heterocycles. The fraction of sp³-hybridized carbons (Fsp3) is 0.476. The summed E-state index contributed by atoms with van der Waals surface area (Å²) in [5.41, 5.74) is 3.13. The molecule has 0 unspecified atom stereocenters. The summed E-state index contributed by atoms with van der Waals surface area (Å²) in [6, 6.07) is 8.22. The predicted molar refractivity (Wildman–Crippen MR) is 107 cm³/mol. The molecule has 0 aliphatic carbocycles. The number of aromatic nitrogens is 1. The number of carbonyl (C=O) groups excluding carboxylic acids is 2. The monoisotopic (exact) mass is 386 g/mol. The zero-order chi connectivity index (χ0) is 19.4. The standard InChI is InChI=1S/C21H26N2O3S/c1-4-26-21(25)17-6-5-11-23(13-17)19(24)12-18-20(22-15(3)27-18)16-9-7-14(2)8-10-16/h7-10,17H,4-6,11-13H2,1-3H3/t17-/m1/s1. The van der Waals surface area contributed by atoms with Gasteiger partial charge in [-0.05, 0) is 33.6 Å². The number of ether oxygens (including phenoxy) is 1. The van der Waals surface area contributed by atoms with E-state index in [-0.39, 0.29) is 17.8 Å². The van der Waals surface area contributed by atoms with E-state index in [1.165, 1.54) is 5.56 Å². The number of hydrogen-bond donors (Lipinski definition) is 0. The highest BCUT2D eigenvalue weighted by atomic mass is 32.1. The van der Waals surface area contributed by atoms with Crippen LogP contribution < -0.4 is 0 Å². The molecule has 3 rings (SSSR count). The highest BCUT2D eigenvalue weighted by Crippen LogP contribution is 2.29. The first-order valence-electron chi connectivity index (χ1n) is 9.45. The predicted octanol–water partition coefficient (Wildman–Crippen LogP) is 3.77. The third-order valence-electron chi connectivity index (χ3n) is 4.84. The molecule has 0 bridgehead atoms. The maximum atomic E-state index is 12.9. The quantitative estimate of drug-likeness (QED) is 0.734. The van der Waals surface area contributed by atoms with Gasteiger partial charge in [0, 0.05) is 23.5 Å². The molecule has 1 aromatic heterocycles. The average molecular weight is 387 g/mol. The maximum absolute atomic E-state index is 12.9. The van der Waals surface area contributed by atoms with Crippen LogP contribution in [0.1, 0.15) is 35.2 Å². The van der Waals surface area contributed by atoms with Crippen molar-refractivity contribution >= 4 is 23.2 Å². The molecule has 1 aliphatic rings. The van der Waals surface area contributed by atoms with Crippen molar-refractivity contribution in [3.8, 4) is 11.3 Å². The summed E-state index contributed by atoms with van der Waals surface area (Å²) in [6.45, 7) is 7.36. The lowest BCUT2D eigenvalue weighted by Gasteiger charge is -2.31. The van der Waals surface area contributed by atoms with Gasteiger partial charge in [0.25, 0.3) is 0 Å². The van der Waals surface area contributed by atoms with Gasteiger partial charge in [-0.25, -0.2) is 4.98 Å². The van der Waals surface area contributed by atoms with E-state index in [9.17, 15) is 9.59 Å². The number of piperidine rings is 1. The molecule has 6 heteroatoms. The molecule has 2 heterocycles. The third kappa shape index (κ3) is 4.75. The molecule has 1 aliphatic heterocycles. The van der Waals surface area contributed by atoms with Crippen molar-refractivity contribution in [1.82, 2.24) is 9.88 Å². The lowest BCUT2D eigenvalue weighted by molar-refractivity contribution is -0.151. The zero-order valence-corrected chi connectivity index (χ0v) is 17.0. The van der Waals surface area contributed by atoms with E-state index in [1.54, 1.807) is 16.2 Å². The fourth-order valence-corrected chi connectivity index (χ4v) is 4.38. The number of benzene rings is 1. The van der Waals surface area contributed by atoms with E-state index in [1.807, 2.05) is 13.8 Å². The summed E-state index contributed by atoms with van der Waals surface area (Å²) in [5, 5.41) is 0.955. The van der Waals surface area contributed by atoms with Gasteiger partial charge in [-0.1, -0.05) is 29.8 Å². The largest absolute Gasteiger partial charge is 0.466 e. The third-order valence-corrected chi connectivity index (χ3v) is 5.81. The molecule has 0 N–H and O–H groups in total. The van der Waals surface area contributed by atoms with Gasteiger partial charge in [-0.2, -0.15) is 0 Å². The van der Waals surface area contributed by atoms with Crippen molar-refractivity contribution in [2.45, 2.75) is 40.0 Å². The van der Waals surface area contributed by atoms with Crippen LogP contribution in [0, 0.1) is 19.8 Å². The van der Waals surface area contributed by atoms with Crippen molar-refractivity contribution in [3.63, 3.8) is 0 Å². The van der Waals surface area contributed by atoms with Crippen molar-refractivity contribution in [2.75, 3.05) is 19.7 Å². The number of likely N-dealkylation sites (tertiary alicyclic amines) is 1. The first kappa shape index (κ1) is 19.5. The molecule has 5 nitrogen and oxygen atoms in total. The Morgan fingerprint density at radius 1 is 1.26 bits per heavy atom. The second kappa shape index (κ2) is 8.65. The van der Waals surface area contributed by atoms with Crippen molar-refractivity contribution < 1.29 is 14.3 Å². The molecule has 1 atom stereocenters. The van der Waals surface area contributed by atoms with Crippen molar-refractivity contribution in [1.29, 1.82) is 0 Å². The van der Waals surface area contributed by atoms with Crippen LogP contribution >= 0.6 is 11.3 Å². The Hall–Kier alpha value is -2.21. The number of esters is 1. The average Bonchev–Trinajstić information content (AvgIpc) is 3.02. The molecule has 0 radical (unpaired) electrons. The molecule has 0 spiro atoms. The molecule has 1 fully saturated rings. The number of rotatable bonds is 5. The fourth-order valence-electron chi connectivity index (χ4n) is 3.43. The van der Waals surface area contributed by atoms with Crippen LogP contribution in [0.2, 0.25) is 0 Å². The Morgan fingerprint density at radius 2 is 2.00 bits per heavy atom. The highest BCUT2D eigenvalue weighted by Gasteiger charge is 2.30. The summed E-state index contributed by atoms with van der Waals surface area (Å²) >= 11 is 1.57. The van der Waals surface area contributed by atoms with Gasteiger partial charge in [-0.15, -0.1) is 11.3 Å². The van der Waals surface area contributed by atoms with Crippen LogP contribution in [0.3, 0.4) is 0 Å². The molecule has 1 amide bonds. The second-order valence-electron chi connectivity index (χ2n) is 6.98. The lowest BCUT2D eigenvalue weighted by atomic mass is 9.97. The second-order valence-corrected chi connectivity index (χ2v) is 8.27. The summed E-state index contributed by atoms with van der Waals surface area (Å²) in [4.78, 5) is 32.4. The van der Waals surface area contributed by atoms with Gasteiger partial charge in [-0.3, -0.25) is 9.59 Å². The Morgan fingerprint density at radius 3 is 2.70 bits per heavy atom. The summed E-state index contributed by atoms with van der Waals surface area (Å²) in [5.74, 6) is -0.340. The summed E-state index contributed by atoms with van der Waals surface area (Å²) in [6.07, 6.45) is 1.95. The molecule has 2 aromatic rings. The number of aryl methyl sites for hydroxylation is 2. The highest BCUT2D eigenvalue weighted by molar-refractivity contribution is 7.12. The molecular formula is C21H26N2O3S. The van der Waals surface area contributed by atoms with Gasteiger partial charge in [0.15, 0.2) is 0 Å². The molecule has 144 valence electrons. The number of thiazole rings is 1. The Kier molecular flexibility index (Phi) is 6.26. The molecule has 1 aromatic carbocycles. The van der Waals surface area contributed by atoms with Crippen LogP contribution in [0.4, 0.5) is 0 Å².